The molecule has 4 amide bonds. The summed E-state index contributed by atoms with van der Waals surface area (Å²) in [6, 6.07) is 2.80. The van der Waals surface area contributed by atoms with Gasteiger partial charge in [0.1, 0.15) is 29.5 Å². The average Bonchev–Trinajstić information content (AvgIpc) is 3.74. The molecule has 54 heavy (non-hydrogen) atoms. The van der Waals surface area contributed by atoms with E-state index in [9.17, 15) is 32.0 Å². The van der Waals surface area contributed by atoms with Crippen molar-refractivity contribution >= 4 is 50.3 Å². The van der Waals surface area contributed by atoms with E-state index in [4.69, 9.17) is 9.72 Å². The maximum absolute atomic E-state index is 14.6. The van der Waals surface area contributed by atoms with Gasteiger partial charge in [-0.3, -0.25) is 24.0 Å². The number of halogens is 1. The number of benzene rings is 1. The minimum Gasteiger partial charge on any atom is -0.444 e. The van der Waals surface area contributed by atoms with Crippen molar-refractivity contribution in [1.29, 1.82) is 0 Å². The number of thiazole rings is 1. The molecule has 3 aliphatic heterocycles. The lowest BCUT2D eigenvalue weighted by Crippen LogP contribution is -2.58. The second-order valence-corrected chi connectivity index (χ2v) is 19.7. The Hall–Kier alpha value is -4.05. The lowest BCUT2D eigenvalue weighted by atomic mass is 9.93. The van der Waals surface area contributed by atoms with Crippen molar-refractivity contribution in [3.8, 4) is 0 Å². The van der Waals surface area contributed by atoms with E-state index in [1.165, 1.54) is 27.2 Å². The number of fused-ring (bicyclic) bond motifs is 3. The first-order valence-corrected chi connectivity index (χ1v) is 21.2. The first kappa shape index (κ1) is 38.2. The Balaban J connectivity index is 1.15. The van der Waals surface area contributed by atoms with Crippen molar-refractivity contribution in [2.24, 2.45) is 5.92 Å². The number of hydrogen-bond donors (Lipinski definition) is 3. The molecule has 4 heterocycles. The fourth-order valence-electron chi connectivity index (χ4n) is 7.51. The van der Waals surface area contributed by atoms with E-state index < -0.39 is 68.1 Å². The second kappa shape index (κ2) is 14.2. The molecule has 5 aliphatic rings. The molecule has 0 spiro atoms. The summed E-state index contributed by atoms with van der Waals surface area (Å²) in [6.45, 7) is 7.86. The maximum atomic E-state index is 14.6. The number of ether oxygens (including phenoxy) is 1. The van der Waals surface area contributed by atoms with Crippen LogP contribution in [-0.4, -0.2) is 82.0 Å². The molecule has 3 fully saturated rings. The Morgan fingerprint density at radius 2 is 1.91 bits per heavy atom. The number of aromatic nitrogens is 1. The first-order valence-electron chi connectivity index (χ1n) is 18.8. The molecule has 0 bridgehead atoms. The lowest BCUT2D eigenvalue weighted by Gasteiger charge is -2.30. The summed E-state index contributed by atoms with van der Waals surface area (Å²) in [5.41, 5.74) is 0.249. The van der Waals surface area contributed by atoms with E-state index in [-0.39, 0.29) is 43.8 Å². The third kappa shape index (κ3) is 7.60. The molecule has 292 valence electrons. The number of amides is 4. The fraction of sp³-hybridized carbons (Fsp3) is 0.605. The Bertz CT molecular complexity index is 1970. The van der Waals surface area contributed by atoms with E-state index in [0.29, 0.717) is 35.5 Å². The number of carbonyl (C=O) groups is 4. The minimum atomic E-state index is -3.99. The molecule has 0 radical (unpaired) electrons. The van der Waals surface area contributed by atoms with Crippen LogP contribution in [-0.2, 0) is 47.6 Å². The number of anilines is 1. The zero-order valence-corrected chi connectivity index (χ0v) is 32.8. The second-order valence-electron chi connectivity index (χ2n) is 16.7. The maximum Gasteiger partial charge on any atom is 0.410 e. The predicted octanol–water partition coefficient (Wildman–Crippen LogP) is 4.88. The monoisotopic (exact) mass is 784 g/mol. The lowest BCUT2D eigenvalue weighted by molar-refractivity contribution is -0.140. The third-order valence-electron chi connectivity index (χ3n) is 11.5. The highest BCUT2D eigenvalue weighted by Crippen LogP contribution is 2.47. The Morgan fingerprint density at radius 1 is 1.13 bits per heavy atom. The fourth-order valence-corrected chi connectivity index (χ4v) is 9.81. The SMILES string of the molecule is CC(C)(C)c1csc(N[C@H]2CCCCC/C=C\[C@@H]3C[C@@]3(C(=O)NS(=O)(=O)C3(C)CC3)NC(=O)[C@@H]3C[C@@H](OC(=O)N4Cc5cccc(F)c5C4)CN3C2=O)n1. The Labute approximate surface area is 319 Å². The van der Waals surface area contributed by atoms with Crippen LogP contribution in [0.3, 0.4) is 0 Å². The summed E-state index contributed by atoms with van der Waals surface area (Å²) in [7, 11) is -3.99. The number of carbonyl (C=O) groups excluding carboxylic acids is 4. The van der Waals surface area contributed by atoms with E-state index in [1.807, 2.05) is 17.5 Å². The summed E-state index contributed by atoms with van der Waals surface area (Å²) < 4.78 is 47.9. The topological polar surface area (TPSA) is 167 Å². The van der Waals surface area contributed by atoms with Crippen molar-refractivity contribution in [2.75, 3.05) is 11.9 Å². The number of nitrogens with zero attached hydrogens (tertiary/aromatic N) is 3. The molecular weight excluding hydrogens is 736 g/mol. The highest BCUT2D eigenvalue weighted by Gasteiger charge is 2.63. The largest absolute Gasteiger partial charge is 0.444 e. The van der Waals surface area contributed by atoms with Gasteiger partial charge in [-0.15, -0.1) is 11.3 Å². The van der Waals surface area contributed by atoms with Gasteiger partial charge in [-0.1, -0.05) is 57.9 Å². The van der Waals surface area contributed by atoms with Crippen LogP contribution < -0.4 is 15.4 Å². The number of allylic oxidation sites excluding steroid dienone is 1. The summed E-state index contributed by atoms with van der Waals surface area (Å²) in [6.07, 6.45) is 6.84. The van der Waals surface area contributed by atoms with Crippen molar-refractivity contribution in [3.63, 3.8) is 0 Å². The van der Waals surface area contributed by atoms with Gasteiger partial charge in [0.05, 0.1) is 23.5 Å². The van der Waals surface area contributed by atoms with E-state index in [0.717, 1.165) is 31.4 Å². The highest BCUT2D eigenvalue weighted by atomic mass is 32.2. The van der Waals surface area contributed by atoms with Gasteiger partial charge in [0.2, 0.25) is 21.8 Å². The van der Waals surface area contributed by atoms with Crippen LogP contribution in [0.25, 0.3) is 0 Å². The van der Waals surface area contributed by atoms with Crippen LogP contribution in [0.15, 0.2) is 35.7 Å². The number of sulfonamides is 1. The molecule has 7 rings (SSSR count). The van der Waals surface area contributed by atoms with Crippen molar-refractivity contribution in [3.05, 3.63) is 58.4 Å². The van der Waals surface area contributed by atoms with E-state index in [1.54, 1.807) is 19.1 Å². The van der Waals surface area contributed by atoms with Crippen LogP contribution in [0.2, 0.25) is 0 Å². The molecule has 2 aliphatic carbocycles. The molecule has 2 aromatic rings. The number of nitrogens with one attached hydrogen (secondary N) is 3. The number of rotatable bonds is 6. The molecule has 1 aromatic carbocycles. The van der Waals surface area contributed by atoms with Crippen LogP contribution in [0.1, 0.15) is 102 Å². The summed E-state index contributed by atoms with van der Waals surface area (Å²) in [5.74, 6) is -2.67. The molecule has 1 saturated heterocycles. The van der Waals surface area contributed by atoms with Gasteiger partial charge in [-0.05, 0) is 57.1 Å². The molecule has 5 atom stereocenters. The summed E-state index contributed by atoms with van der Waals surface area (Å²) in [4.78, 5) is 63.8. The van der Waals surface area contributed by atoms with Crippen molar-refractivity contribution in [2.45, 2.75) is 132 Å². The Morgan fingerprint density at radius 3 is 2.61 bits per heavy atom. The molecular formula is C38H49FN6O7S2. The molecule has 3 N–H and O–H groups in total. The van der Waals surface area contributed by atoms with Gasteiger partial charge in [0, 0.05) is 35.2 Å². The van der Waals surface area contributed by atoms with Crippen LogP contribution in [0.5, 0.6) is 0 Å². The molecule has 1 aromatic heterocycles. The summed E-state index contributed by atoms with van der Waals surface area (Å²) >= 11 is 1.40. The molecule has 2 saturated carbocycles. The smallest absolute Gasteiger partial charge is 0.410 e. The quantitative estimate of drug-likeness (QED) is 0.346. The van der Waals surface area contributed by atoms with Crippen LogP contribution in [0, 0.1) is 11.7 Å². The Kier molecular flexibility index (Phi) is 10.1. The minimum absolute atomic E-state index is 0.0327. The van der Waals surface area contributed by atoms with Gasteiger partial charge in [0.15, 0.2) is 5.13 Å². The molecule has 0 unspecified atom stereocenters. The van der Waals surface area contributed by atoms with Gasteiger partial charge in [-0.2, -0.15) is 0 Å². The van der Waals surface area contributed by atoms with Crippen LogP contribution >= 0.6 is 11.3 Å². The average molecular weight is 785 g/mol. The van der Waals surface area contributed by atoms with E-state index in [2.05, 4.69) is 36.1 Å². The van der Waals surface area contributed by atoms with Gasteiger partial charge in [0.25, 0.3) is 5.91 Å². The third-order valence-corrected chi connectivity index (χ3v) is 14.4. The van der Waals surface area contributed by atoms with E-state index >= 15 is 0 Å². The predicted molar refractivity (Wildman–Crippen MR) is 200 cm³/mol. The zero-order chi connectivity index (χ0) is 38.6. The first-order chi connectivity index (χ1) is 25.5. The van der Waals surface area contributed by atoms with Gasteiger partial charge in [-0.25, -0.2) is 22.6 Å². The molecule has 16 heteroatoms. The summed E-state index contributed by atoms with van der Waals surface area (Å²) in [5, 5.41) is 8.73. The zero-order valence-electron chi connectivity index (χ0n) is 31.2. The highest BCUT2D eigenvalue weighted by molar-refractivity contribution is 7.91. The molecule has 13 nitrogen and oxygen atoms in total. The normalized spacial score (nSPS) is 28.8. The van der Waals surface area contributed by atoms with Crippen molar-refractivity contribution < 1.29 is 36.7 Å². The van der Waals surface area contributed by atoms with Gasteiger partial charge < -0.3 is 20.3 Å². The van der Waals surface area contributed by atoms with Gasteiger partial charge >= 0.3 is 6.09 Å². The van der Waals surface area contributed by atoms with Crippen LogP contribution in [0.4, 0.5) is 14.3 Å². The standard InChI is InChI=1S/C38H49FN6O7S2/c1-36(2,3)30-22-53-34(41-30)40-28-14-9-7-5-6-8-12-24-18-38(24,33(48)43-54(50,51)37(4)15-16-37)42-31(46)29-17-25(20-45(29)32(28)47)52-35(49)44-19-23-11-10-13-27(39)26(23)21-44/h8,10-13,22,24-25,28-29H,5-7,9,14-21H2,1-4H3,(H,40,41)(H,42,46)(H,43,48)/b12-8-/t24-,25-,28+,29+,38-/m1/s1. The number of hydrogen-bond acceptors (Lipinski definition) is 10. The van der Waals surface area contributed by atoms with Crippen molar-refractivity contribution in [1.82, 2.24) is 24.8 Å².